The van der Waals surface area contributed by atoms with Crippen molar-refractivity contribution in [3.8, 4) is 11.3 Å². The van der Waals surface area contributed by atoms with Gasteiger partial charge in [-0.15, -0.1) is 0 Å². The van der Waals surface area contributed by atoms with E-state index in [9.17, 15) is 13.6 Å². The van der Waals surface area contributed by atoms with E-state index in [0.717, 1.165) is 18.2 Å². The summed E-state index contributed by atoms with van der Waals surface area (Å²) in [5.74, 6) is -2.41. The van der Waals surface area contributed by atoms with Crippen LogP contribution in [0.3, 0.4) is 0 Å². The highest BCUT2D eigenvalue weighted by Crippen LogP contribution is 2.23. The molecule has 0 spiro atoms. The van der Waals surface area contributed by atoms with Crippen LogP contribution in [-0.2, 0) is 6.54 Å². The topological polar surface area (TPSA) is 55.1 Å². The highest BCUT2D eigenvalue weighted by atomic mass is 19.1. The molecular weight excluding hydrogens is 242 g/mol. The Morgan fingerprint density at radius 2 is 2.11 bits per heavy atom. The van der Waals surface area contributed by atoms with Gasteiger partial charge in [0.1, 0.15) is 17.3 Å². The SMILES string of the molecule is CCn1nc(-c2cc(F)ccc2F)cc1C(=O)O. The van der Waals surface area contributed by atoms with Crippen molar-refractivity contribution in [2.75, 3.05) is 0 Å². The van der Waals surface area contributed by atoms with Crippen LogP contribution in [0, 0.1) is 11.6 Å². The third kappa shape index (κ3) is 2.09. The minimum atomic E-state index is -1.16. The highest BCUT2D eigenvalue weighted by molar-refractivity contribution is 5.87. The van der Waals surface area contributed by atoms with Crippen LogP contribution < -0.4 is 0 Å². The molecule has 2 aromatic rings. The summed E-state index contributed by atoms with van der Waals surface area (Å²) in [6.45, 7) is 2.05. The van der Waals surface area contributed by atoms with E-state index in [1.165, 1.54) is 10.7 Å². The first-order valence-corrected chi connectivity index (χ1v) is 5.29. The molecule has 0 radical (unpaired) electrons. The van der Waals surface area contributed by atoms with E-state index in [2.05, 4.69) is 5.10 Å². The van der Waals surface area contributed by atoms with Crippen LogP contribution in [0.25, 0.3) is 11.3 Å². The lowest BCUT2D eigenvalue weighted by atomic mass is 10.1. The number of aromatic carboxylic acids is 1. The lowest BCUT2D eigenvalue weighted by Gasteiger charge is -1.99. The second kappa shape index (κ2) is 4.56. The van der Waals surface area contributed by atoms with Crippen LogP contribution in [-0.4, -0.2) is 20.9 Å². The van der Waals surface area contributed by atoms with Gasteiger partial charge in [-0.3, -0.25) is 4.68 Å². The van der Waals surface area contributed by atoms with Crippen molar-refractivity contribution in [2.45, 2.75) is 13.5 Å². The number of aromatic nitrogens is 2. The van der Waals surface area contributed by atoms with Gasteiger partial charge in [0.25, 0.3) is 0 Å². The van der Waals surface area contributed by atoms with Gasteiger partial charge in [-0.05, 0) is 31.2 Å². The number of benzene rings is 1. The molecule has 1 aromatic heterocycles. The highest BCUT2D eigenvalue weighted by Gasteiger charge is 2.16. The van der Waals surface area contributed by atoms with E-state index < -0.39 is 17.6 Å². The summed E-state index contributed by atoms with van der Waals surface area (Å²) in [6, 6.07) is 4.19. The Morgan fingerprint density at radius 1 is 1.39 bits per heavy atom. The number of carbonyl (C=O) groups is 1. The molecule has 0 aliphatic carbocycles. The van der Waals surface area contributed by atoms with Gasteiger partial charge >= 0.3 is 5.97 Å². The van der Waals surface area contributed by atoms with Crippen molar-refractivity contribution in [1.82, 2.24) is 9.78 Å². The fourth-order valence-electron chi connectivity index (χ4n) is 1.66. The molecule has 0 saturated carbocycles. The first-order valence-electron chi connectivity index (χ1n) is 5.29. The molecule has 94 valence electrons. The zero-order valence-electron chi connectivity index (χ0n) is 9.52. The molecule has 0 aliphatic rings. The van der Waals surface area contributed by atoms with Crippen LogP contribution in [0.2, 0.25) is 0 Å². The maximum Gasteiger partial charge on any atom is 0.354 e. The quantitative estimate of drug-likeness (QED) is 0.913. The maximum absolute atomic E-state index is 13.5. The van der Waals surface area contributed by atoms with E-state index in [1.807, 2.05) is 0 Å². The number of nitrogens with zero attached hydrogens (tertiary/aromatic N) is 2. The second-order valence-electron chi connectivity index (χ2n) is 3.66. The molecule has 0 aliphatic heterocycles. The van der Waals surface area contributed by atoms with Crippen molar-refractivity contribution in [3.63, 3.8) is 0 Å². The molecule has 0 fully saturated rings. The lowest BCUT2D eigenvalue weighted by Crippen LogP contribution is -2.08. The Labute approximate surface area is 101 Å². The number of hydrogen-bond acceptors (Lipinski definition) is 2. The number of carboxylic acids is 1. The third-order valence-electron chi connectivity index (χ3n) is 2.50. The van der Waals surface area contributed by atoms with Gasteiger partial charge in [0, 0.05) is 12.1 Å². The summed E-state index contributed by atoms with van der Waals surface area (Å²) < 4.78 is 27.8. The fourth-order valence-corrected chi connectivity index (χ4v) is 1.66. The van der Waals surface area contributed by atoms with E-state index in [4.69, 9.17) is 5.11 Å². The number of hydrogen-bond donors (Lipinski definition) is 1. The Bertz CT molecular complexity index is 608. The van der Waals surface area contributed by atoms with Gasteiger partial charge in [-0.25, -0.2) is 13.6 Å². The summed E-state index contributed by atoms with van der Waals surface area (Å²) in [5.41, 5.74) is -0.00730. The van der Waals surface area contributed by atoms with Crippen molar-refractivity contribution in [1.29, 1.82) is 0 Å². The summed E-state index contributed by atoms with van der Waals surface area (Å²) in [5, 5.41) is 12.9. The van der Waals surface area contributed by atoms with Crippen LogP contribution in [0.4, 0.5) is 8.78 Å². The summed E-state index contributed by atoms with van der Waals surface area (Å²) in [4.78, 5) is 10.9. The Kier molecular flexibility index (Phi) is 3.10. The van der Waals surface area contributed by atoms with Gasteiger partial charge in [0.2, 0.25) is 0 Å². The fraction of sp³-hybridized carbons (Fsp3) is 0.167. The molecule has 0 unspecified atom stereocenters. The first kappa shape index (κ1) is 12.2. The molecule has 6 heteroatoms. The van der Waals surface area contributed by atoms with Crippen molar-refractivity contribution < 1.29 is 18.7 Å². The lowest BCUT2D eigenvalue weighted by molar-refractivity contribution is 0.0683. The minimum absolute atomic E-state index is 0.0512. The van der Waals surface area contributed by atoms with Crippen molar-refractivity contribution in [3.05, 3.63) is 41.6 Å². The summed E-state index contributed by atoms with van der Waals surface area (Å²) >= 11 is 0. The molecule has 1 heterocycles. The Hall–Kier alpha value is -2.24. The first-order chi connectivity index (χ1) is 8.52. The van der Waals surface area contributed by atoms with E-state index in [-0.39, 0.29) is 17.0 Å². The normalized spacial score (nSPS) is 10.6. The predicted molar refractivity (Wildman–Crippen MR) is 60.2 cm³/mol. The van der Waals surface area contributed by atoms with Gasteiger partial charge in [-0.1, -0.05) is 0 Å². The molecule has 18 heavy (non-hydrogen) atoms. The number of aryl methyl sites for hydroxylation is 1. The van der Waals surface area contributed by atoms with Crippen LogP contribution in [0.15, 0.2) is 24.3 Å². The average molecular weight is 252 g/mol. The van der Waals surface area contributed by atoms with E-state index >= 15 is 0 Å². The average Bonchev–Trinajstić information content (AvgIpc) is 2.76. The van der Waals surface area contributed by atoms with Gasteiger partial charge < -0.3 is 5.11 Å². The van der Waals surface area contributed by atoms with Gasteiger partial charge in [-0.2, -0.15) is 5.10 Å². The van der Waals surface area contributed by atoms with Crippen LogP contribution in [0.5, 0.6) is 0 Å². The number of halogens is 2. The molecule has 1 N–H and O–H groups in total. The number of rotatable bonds is 3. The molecule has 4 nitrogen and oxygen atoms in total. The smallest absolute Gasteiger partial charge is 0.354 e. The zero-order valence-corrected chi connectivity index (χ0v) is 9.52. The predicted octanol–water partition coefficient (Wildman–Crippen LogP) is 2.55. The molecule has 0 amide bonds. The van der Waals surface area contributed by atoms with Crippen LogP contribution in [0.1, 0.15) is 17.4 Å². The molecule has 2 rings (SSSR count). The van der Waals surface area contributed by atoms with Crippen molar-refractivity contribution in [2.24, 2.45) is 0 Å². The Morgan fingerprint density at radius 3 is 2.67 bits per heavy atom. The van der Waals surface area contributed by atoms with E-state index in [1.54, 1.807) is 6.92 Å². The Balaban J connectivity index is 2.57. The summed E-state index contributed by atoms with van der Waals surface area (Å²) in [7, 11) is 0. The molecule has 0 atom stereocenters. The second-order valence-corrected chi connectivity index (χ2v) is 3.66. The van der Waals surface area contributed by atoms with Gasteiger partial charge in [0.15, 0.2) is 0 Å². The monoisotopic (exact) mass is 252 g/mol. The third-order valence-corrected chi connectivity index (χ3v) is 2.50. The molecular formula is C12H10F2N2O2. The largest absolute Gasteiger partial charge is 0.477 e. The zero-order chi connectivity index (χ0) is 13.3. The maximum atomic E-state index is 13.5. The molecule has 1 aromatic carbocycles. The number of carboxylic acid groups (broad SMARTS) is 1. The van der Waals surface area contributed by atoms with Crippen molar-refractivity contribution >= 4 is 5.97 Å². The standard InChI is InChI=1S/C12H10F2N2O2/c1-2-16-11(12(17)18)6-10(15-16)8-5-7(13)3-4-9(8)14/h3-6H,2H2,1H3,(H,17,18). The van der Waals surface area contributed by atoms with Crippen LogP contribution >= 0.6 is 0 Å². The summed E-state index contributed by atoms with van der Waals surface area (Å²) in [6.07, 6.45) is 0. The minimum Gasteiger partial charge on any atom is -0.477 e. The molecule has 0 bridgehead atoms. The van der Waals surface area contributed by atoms with Gasteiger partial charge in [0.05, 0.1) is 5.69 Å². The molecule has 0 saturated heterocycles. The van der Waals surface area contributed by atoms with E-state index in [0.29, 0.717) is 6.54 Å².